The Morgan fingerprint density at radius 2 is 1.94 bits per heavy atom. The largest absolute Gasteiger partial charge is 0.337 e. The zero-order valence-electron chi connectivity index (χ0n) is 9.39. The molecule has 0 atom stereocenters. The van der Waals surface area contributed by atoms with Gasteiger partial charge in [-0.05, 0) is 33.6 Å². The number of thiophene rings is 1. The van der Waals surface area contributed by atoms with E-state index < -0.39 is 0 Å². The predicted molar refractivity (Wildman–Crippen MR) is 74.3 cm³/mol. The third-order valence-electron chi connectivity index (χ3n) is 2.39. The molecule has 0 unspecified atom stereocenters. The Bertz CT molecular complexity index is 509. The van der Waals surface area contributed by atoms with E-state index in [9.17, 15) is 4.79 Å². The molecule has 0 spiro atoms. The number of benzene rings is 1. The maximum Gasteiger partial charge on any atom is 0.264 e. The van der Waals surface area contributed by atoms with Crippen molar-refractivity contribution in [2.45, 2.75) is 6.54 Å². The molecule has 0 fully saturated rings. The van der Waals surface area contributed by atoms with Gasteiger partial charge in [-0.3, -0.25) is 4.79 Å². The molecular formula is C13H12BrNOS. The fourth-order valence-electron chi connectivity index (χ4n) is 1.55. The minimum atomic E-state index is 0.0598. The fourth-order valence-corrected chi connectivity index (χ4v) is 2.93. The first-order valence-corrected chi connectivity index (χ1v) is 6.82. The third-order valence-corrected chi connectivity index (χ3v) is 4.00. The van der Waals surface area contributed by atoms with Gasteiger partial charge >= 0.3 is 0 Å². The molecule has 0 radical (unpaired) electrons. The lowest BCUT2D eigenvalue weighted by Crippen LogP contribution is -2.25. The highest BCUT2D eigenvalue weighted by atomic mass is 79.9. The van der Waals surface area contributed by atoms with Gasteiger partial charge in [0.1, 0.15) is 0 Å². The van der Waals surface area contributed by atoms with Crippen LogP contribution in [0, 0.1) is 0 Å². The summed E-state index contributed by atoms with van der Waals surface area (Å²) in [6.07, 6.45) is 0. The van der Waals surface area contributed by atoms with Crippen molar-refractivity contribution in [3.05, 3.63) is 56.7 Å². The van der Waals surface area contributed by atoms with E-state index in [-0.39, 0.29) is 5.91 Å². The highest BCUT2D eigenvalue weighted by Gasteiger charge is 2.13. The van der Waals surface area contributed by atoms with Gasteiger partial charge in [0.2, 0.25) is 0 Å². The van der Waals surface area contributed by atoms with Crippen LogP contribution in [0.2, 0.25) is 0 Å². The molecule has 4 heteroatoms. The standard InChI is InChI=1S/C13H12BrNOS/c1-15(9-10-5-3-2-4-6-10)13(16)11-7-8-12(14)17-11/h2-8H,9H2,1H3. The molecule has 17 heavy (non-hydrogen) atoms. The molecule has 1 aromatic heterocycles. The van der Waals surface area contributed by atoms with Crippen molar-refractivity contribution in [1.82, 2.24) is 4.90 Å². The SMILES string of the molecule is CN(Cc1ccccc1)C(=O)c1ccc(Br)s1. The monoisotopic (exact) mass is 309 g/mol. The molecule has 0 N–H and O–H groups in total. The van der Waals surface area contributed by atoms with Crippen LogP contribution >= 0.6 is 27.3 Å². The summed E-state index contributed by atoms with van der Waals surface area (Å²) < 4.78 is 0.981. The average Bonchev–Trinajstić information content (AvgIpc) is 2.76. The number of carbonyl (C=O) groups excluding carboxylic acids is 1. The summed E-state index contributed by atoms with van der Waals surface area (Å²) in [5, 5.41) is 0. The Labute approximate surface area is 113 Å². The zero-order valence-corrected chi connectivity index (χ0v) is 11.8. The molecule has 2 nitrogen and oxygen atoms in total. The Hall–Kier alpha value is -1.13. The van der Waals surface area contributed by atoms with Crippen LogP contribution in [-0.4, -0.2) is 17.9 Å². The summed E-state index contributed by atoms with van der Waals surface area (Å²) in [6.45, 7) is 0.634. The van der Waals surface area contributed by atoms with Crippen molar-refractivity contribution < 1.29 is 4.79 Å². The second-order valence-corrected chi connectivity index (χ2v) is 6.21. The Kier molecular flexibility index (Phi) is 3.97. The maximum atomic E-state index is 12.1. The molecule has 0 aliphatic carbocycles. The number of hydrogen-bond donors (Lipinski definition) is 0. The summed E-state index contributed by atoms with van der Waals surface area (Å²) in [7, 11) is 1.82. The van der Waals surface area contributed by atoms with Crippen molar-refractivity contribution in [3.8, 4) is 0 Å². The molecule has 2 rings (SSSR count). The second kappa shape index (κ2) is 5.47. The molecule has 1 amide bonds. The van der Waals surface area contributed by atoms with E-state index in [1.54, 1.807) is 4.90 Å². The topological polar surface area (TPSA) is 20.3 Å². The van der Waals surface area contributed by atoms with E-state index in [4.69, 9.17) is 0 Å². The lowest BCUT2D eigenvalue weighted by Gasteiger charge is -2.16. The summed E-state index contributed by atoms with van der Waals surface area (Å²) in [5.41, 5.74) is 1.14. The Morgan fingerprint density at radius 3 is 2.53 bits per heavy atom. The molecule has 2 aromatic rings. The third kappa shape index (κ3) is 3.17. The molecule has 0 bridgehead atoms. The van der Waals surface area contributed by atoms with E-state index in [1.165, 1.54) is 11.3 Å². The minimum Gasteiger partial charge on any atom is -0.337 e. The van der Waals surface area contributed by atoms with Crippen molar-refractivity contribution in [1.29, 1.82) is 0 Å². The number of halogens is 1. The average molecular weight is 310 g/mol. The van der Waals surface area contributed by atoms with Gasteiger partial charge in [0, 0.05) is 13.6 Å². The second-order valence-electron chi connectivity index (χ2n) is 3.75. The summed E-state index contributed by atoms with van der Waals surface area (Å²) in [4.78, 5) is 14.6. The van der Waals surface area contributed by atoms with Crippen LogP contribution in [-0.2, 0) is 6.54 Å². The van der Waals surface area contributed by atoms with E-state index in [0.29, 0.717) is 6.54 Å². The van der Waals surface area contributed by atoms with Crippen LogP contribution < -0.4 is 0 Å². The van der Waals surface area contributed by atoms with Gasteiger partial charge in [-0.15, -0.1) is 11.3 Å². The van der Waals surface area contributed by atoms with E-state index in [1.807, 2.05) is 49.5 Å². The normalized spacial score (nSPS) is 10.2. The van der Waals surface area contributed by atoms with Gasteiger partial charge in [-0.25, -0.2) is 0 Å². The van der Waals surface area contributed by atoms with Gasteiger partial charge < -0.3 is 4.90 Å². The van der Waals surface area contributed by atoms with Crippen LogP contribution in [0.1, 0.15) is 15.2 Å². The van der Waals surface area contributed by atoms with Crippen molar-refractivity contribution in [2.24, 2.45) is 0 Å². The van der Waals surface area contributed by atoms with E-state index in [2.05, 4.69) is 15.9 Å². The number of rotatable bonds is 3. The highest BCUT2D eigenvalue weighted by Crippen LogP contribution is 2.23. The first kappa shape index (κ1) is 12.3. The lowest BCUT2D eigenvalue weighted by molar-refractivity contribution is 0.0790. The molecule has 88 valence electrons. The first-order valence-electron chi connectivity index (χ1n) is 5.21. The smallest absolute Gasteiger partial charge is 0.264 e. The Morgan fingerprint density at radius 1 is 1.24 bits per heavy atom. The molecular weight excluding hydrogens is 298 g/mol. The van der Waals surface area contributed by atoms with Crippen LogP contribution in [0.4, 0.5) is 0 Å². The lowest BCUT2D eigenvalue weighted by atomic mass is 10.2. The van der Waals surface area contributed by atoms with Gasteiger partial charge in [0.25, 0.3) is 5.91 Å². The molecule has 0 aliphatic heterocycles. The number of nitrogens with zero attached hydrogens (tertiary/aromatic N) is 1. The number of amides is 1. The maximum absolute atomic E-state index is 12.1. The number of carbonyl (C=O) groups is 1. The summed E-state index contributed by atoms with van der Waals surface area (Å²) in [5.74, 6) is 0.0598. The van der Waals surface area contributed by atoms with Gasteiger partial charge in [-0.2, -0.15) is 0 Å². The van der Waals surface area contributed by atoms with Crippen LogP contribution in [0.25, 0.3) is 0 Å². The summed E-state index contributed by atoms with van der Waals surface area (Å²) in [6, 6.07) is 13.7. The zero-order chi connectivity index (χ0) is 12.3. The van der Waals surface area contributed by atoms with E-state index in [0.717, 1.165) is 14.2 Å². The fraction of sp³-hybridized carbons (Fsp3) is 0.154. The molecule has 1 heterocycles. The Balaban J connectivity index is 2.06. The van der Waals surface area contributed by atoms with Crippen molar-refractivity contribution in [2.75, 3.05) is 7.05 Å². The highest BCUT2D eigenvalue weighted by molar-refractivity contribution is 9.11. The first-order chi connectivity index (χ1) is 8.16. The quantitative estimate of drug-likeness (QED) is 0.845. The molecule has 0 saturated carbocycles. The minimum absolute atomic E-state index is 0.0598. The molecule has 0 saturated heterocycles. The van der Waals surface area contributed by atoms with Crippen LogP contribution in [0.5, 0.6) is 0 Å². The van der Waals surface area contributed by atoms with Crippen molar-refractivity contribution in [3.63, 3.8) is 0 Å². The molecule has 1 aromatic carbocycles. The van der Waals surface area contributed by atoms with Crippen molar-refractivity contribution >= 4 is 33.2 Å². The van der Waals surface area contributed by atoms with Gasteiger partial charge in [0.15, 0.2) is 0 Å². The summed E-state index contributed by atoms with van der Waals surface area (Å²) >= 11 is 4.82. The molecule has 0 aliphatic rings. The van der Waals surface area contributed by atoms with E-state index >= 15 is 0 Å². The van der Waals surface area contributed by atoms with Gasteiger partial charge in [-0.1, -0.05) is 30.3 Å². The number of hydrogen-bond acceptors (Lipinski definition) is 2. The van der Waals surface area contributed by atoms with Gasteiger partial charge in [0.05, 0.1) is 8.66 Å². The van der Waals surface area contributed by atoms with Crippen LogP contribution in [0.3, 0.4) is 0 Å². The van der Waals surface area contributed by atoms with Crippen LogP contribution in [0.15, 0.2) is 46.3 Å². The predicted octanol–water partition coefficient (Wildman–Crippen LogP) is 3.78.